The number of nitrogens with one attached hydrogen (secondary N) is 1. The largest absolute Gasteiger partial charge is 0.416 e. The molecule has 1 heterocycles. The smallest absolute Gasteiger partial charge is 0.322 e. The molecule has 0 aliphatic heterocycles. The summed E-state index contributed by atoms with van der Waals surface area (Å²) in [6.45, 7) is 0. The summed E-state index contributed by atoms with van der Waals surface area (Å²) < 4.78 is 38.4. The Hall–Kier alpha value is -2.67. The maximum absolute atomic E-state index is 12.5. The van der Waals surface area contributed by atoms with Crippen LogP contribution in [0.1, 0.15) is 11.1 Å². The summed E-state index contributed by atoms with van der Waals surface area (Å²) in [6.07, 6.45) is -1.63. The fourth-order valence-electron chi connectivity index (χ4n) is 2.07. The van der Waals surface area contributed by atoms with Gasteiger partial charge < -0.3 is 5.32 Å². The number of rotatable bonds is 3. The first-order valence-corrected chi connectivity index (χ1v) is 7.79. The van der Waals surface area contributed by atoms with Crippen LogP contribution in [0.4, 0.5) is 18.9 Å². The molecule has 0 aliphatic rings. The number of fused-ring (bicyclic) bond motifs is 1. The van der Waals surface area contributed by atoms with E-state index in [0.29, 0.717) is 11.3 Å². The summed E-state index contributed by atoms with van der Waals surface area (Å²) in [7, 11) is 0. The molecular weight excluding hydrogens is 337 g/mol. The van der Waals surface area contributed by atoms with Gasteiger partial charge in [-0.2, -0.15) is 13.2 Å². The molecule has 0 aliphatic carbocycles. The minimum atomic E-state index is -4.37. The zero-order valence-electron chi connectivity index (χ0n) is 12.2. The van der Waals surface area contributed by atoms with E-state index in [2.05, 4.69) is 10.3 Å². The third-order valence-electron chi connectivity index (χ3n) is 3.26. The van der Waals surface area contributed by atoms with Gasteiger partial charge in [0.25, 0.3) is 0 Å². The molecule has 3 aromatic rings. The van der Waals surface area contributed by atoms with Crippen molar-refractivity contribution in [3.63, 3.8) is 0 Å². The molecular formula is C17H11F3N2OS. The van der Waals surface area contributed by atoms with Crippen molar-refractivity contribution in [3.05, 3.63) is 65.2 Å². The lowest BCUT2D eigenvalue weighted by Crippen LogP contribution is -2.07. The summed E-state index contributed by atoms with van der Waals surface area (Å²) in [5.41, 5.74) is 3.01. The van der Waals surface area contributed by atoms with E-state index in [1.807, 2.05) is 6.07 Å². The zero-order chi connectivity index (χ0) is 17.2. The van der Waals surface area contributed by atoms with Crippen LogP contribution in [0.25, 0.3) is 16.3 Å². The van der Waals surface area contributed by atoms with Gasteiger partial charge in [-0.3, -0.25) is 4.79 Å². The molecule has 0 unspecified atom stereocenters. The zero-order valence-corrected chi connectivity index (χ0v) is 13.0. The Balaban J connectivity index is 1.66. The van der Waals surface area contributed by atoms with E-state index in [0.717, 1.165) is 22.3 Å². The standard InChI is InChI=1S/C17H11F3N2OS/c18-17(19,20)12-4-1-11(2-5-12)3-8-16(23)22-13-6-7-14-15(9-13)24-10-21-14/h1-10H,(H,22,23)/b8-3+. The third kappa shape index (κ3) is 3.80. The van der Waals surface area contributed by atoms with Gasteiger partial charge in [-0.15, -0.1) is 11.3 Å². The molecule has 2 aromatic carbocycles. The predicted octanol–water partition coefficient (Wildman–Crippen LogP) is 4.97. The molecule has 7 heteroatoms. The summed E-state index contributed by atoms with van der Waals surface area (Å²) in [5.74, 6) is -0.362. The summed E-state index contributed by atoms with van der Waals surface area (Å²) in [5, 5.41) is 2.70. The number of hydrogen-bond donors (Lipinski definition) is 1. The molecule has 0 spiro atoms. The van der Waals surface area contributed by atoms with E-state index in [1.54, 1.807) is 17.6 Å². The number of thiazole rings is 1. The molecule has 1 amide bonds. The SMILES string of the molecule is O=C(/C=C/c1ccc(C(F)(F)F)cc1)Nc1ccc2ncsc2c1. The molecule has 0 saturated heterocycles. The Morgan fingerprint density at radius 3 is 2.58 bits per heavy atom. The van der Waals surface area contributed by atoms with Crippen molar-refractivity contribution < 1.29 is 18.0 Å². The second-order valence-electron chi connectivity index (χ2n) is 4.98. The number of hydrogen-bond acceptors (Lipinski definition) is 3. The van der Waals surface area contributed by atoms with Gasteiger partial charge in [-0.05, 0) is 42.0 Å². The first-order valence-electron chi connectivity index (χ1n) is 6.91. The summed E-state index contributed by atoms with van der Waals surface area (Å²) in [4.78, 5) is 16.0. The topological polar surface area (TPSA) is 42.0 Å². The summed E-state index contributed by atoms with van der Waals surface area (Å²) in [6, 6.07) is 9.96. The first kappa shape index (κ1) is 16.2. The molecule has 1 aromatic heterocycles. The second kappa shape index (κ2) is 6.45. The second-order valence-corrected chi connectivity index (χ2v) is 5.86. The fourth-order valence-corrected chi connectivity index (χ4v) is 2.79. The van der Waals surface area contributed by atoms with Crippen molar-refractivity contribution in [1.29, 1.82) is 0 Å². The lowest BCUT2D eigenvalue weighted by Gasteiger charge is -2.06. The highest BCUT2D eigenvalue weighted by molar-refractivity contribution is 7.16. The fraction of sp³-hybridized carbons (Fsp3) is 0.0588. The van der Waals surface area contributed by atoms with Crippen LogP contribution in [0, 0.1) is 0 Å². The minimum Gasteiger partial charge on any atom is -0.322 e. The highest BCUT2D eigenvalue weighted by Crippen LogP contribution is 2.29. The van der Waals surface area contributed by atoms with Gasteiger partial charge >= 0.3 is 6.18 Å². The molecule has 0 radical (unpaired) electrons. The number of aromatic nitrogens is 1. The third-order valence-corrected chi connectivity index (χ3v) is 4.06. The Labute approximate surface area is 139 Å². The number of carbonyl (C=O) groups is 1. The van der Waals surface area contributed by atoms with Crippen molar-refractivity contribution in [2.45, 2.75) is 6.18 Å². The molecule has 0 fully saturated rings. The van der Waals surface area contributed by atoms with Crippen LogP contribution in [0.5, 0.6) is 0 Å². The number of amides is 1. The number of anilines is 1. The number of benzene rings is 2. The van der Waals surface area contributed by atoms with Gasteiger partial charge in [0.15, 0.2) is 0 Å². The van der Waals surface area contributed by atoms with Gasteiger partial charge in [-0.1, -0.05) is 12.1 Å². The monoisotopic (exact) mass is 348 g/mol. The lowest BCUT2D eigenvalue weighted by molar-refractivity contribution is -0.137. The molecule has 3 nitrogen and oxygen atoms in total. The lowest BCUT2D eigenvalue weighted by atomic mass is 10.1. The average molecular weight is 348 g/mol. The quantitative estimate of drug-likeness (QED) is 0.679. The van der Waals surface area contributed by atoms with E-state index < -0.39 is 11.7 Å². The van der Waals surface area contributed by atoms with Gasteiger partial charge in [0.1, 0.15) is 0 Å². The van der Waals surface area contributed by atoms with Crippen LogP contribution in [-0.4, -0.2) is 10.9 Å². The van der Waals surface area contributed by atoms with E-state index >= 15 is 0 Å². The molecule has 24 heavy (non-hydrogen) atoms. The van der Waals surface area contributed by atoms with Gasteiger partial charge in [-0.25, -0.2) is 4.98 Å². The van der Waals surface area contributed by atoms with Crippen molar-refractivity contribution in [3.8, 4) is 0 Å². The van der Waals surface area contributed by atoms with Crippen molar-refractivity contribution in [2.24, 2.45) is 0 Å². The maximum atomic E-state index is 12.5. The van der Waals surface area contributed by atoms with Crippen molar-refractivity contribution in [1.82, 2.24) is 4.98 Å². The van der Waals surface area contributed by atoms with Crippen LogP contribution in [0.3, 0.4) is 0 Å². The van der Waals surface area contributed by atoms with Crippen LogP contribution in [0.15, 0.2) is 54.1 Å². The van der Waals surface area contributed by atoms with E-state index in [9.17, 15) is 18.0 Å². The van der Waals surface area contributed by atoms with Crippen LogP contribution in [0.2, 0.25) is 0 Å². The molecule has 122 valence electrons. The van der Waals surface area contributed by atoms with E-state index in [-0.39, 0.29) is 5.91 Å². The Bertz CT molecular complexity index is 898. The first-order chi connectivity index (χ1) is 11.4. The van der Waals surface area contributed by atoms with Crippen LogP contribution >= 0.6 is 11.3 Å². The number of nitrogens with zero attached hydrogens (tertiary/aromatic N) is 1. The Morgan fingerprint density at radius 1 is 1.12 bits per heavy atom. The average Bonchev–Trinajstić information content (AvgIpc) is 3.00. The van der Waals surface area contributed by atoms with Gasteiger partial charge in [0, 0.05) is 11.8 Å². The maximum Gasteiger partial charge on any atom is 0.416 e. The molecule has 0 saturated carbocycles. The molecule has 3 rings (SSSR count). The van der Waals surface area contributed by atoms with Gasteiger partial charge in [0.05, 0.1) is 21.3 Å². The number of alkyl halides is 3. The van der Waals surface area contributed by atoms with E-state index in [4.69, 9.17) is 0 Å². The Kier molecular flexibility index (Phi) is 4.35. The van der Waals surface area contributed by atoms with Crippen LogP contribution < -0.4 is 5.32 Å². The molecule has 1 N–H and O–H groups in total. The Morgan fingerprint density at radius 2 is 1.88 bits per heavy atom. The number of halogens is 3. The predicted molar refractivity (Wildman–Crippen MR) is 88.7 cm³/mol. The van der Waals surface area contributed by atoms with Crippen molar-refractivity contribution >= 4 is 39.2 Å². The number of carbonyl (C=O) groups excluding carboxylic acids is 1. The molecule has 0 atom stereocenters. The highest BCUT2D eigenvalue weighted by atomic mass is 32.1. The van der Waals surface area contributed by atoms with Crippen molar-refractivity contribution in [2.75, 3.05) is 5.32 Å². The van der Waals surface area contributed by atoms with Gasteiger partial charge in [0.2, 0.25) is 5.91 Å². The van der Waals surface area contributed by atoms with Crippen LogP contribution in [-0.2, 0) is 11.0 Å². The van der Waals surface area contributed by atoms with E-state index in [1.165, 1.54) is 35.6 Å². The highest BCUT2D eigenvalue weighted by Gasteiger charge is 2.29. The normalized spacial score (nSPS) is 12.0. The molecule has 0 bridgehead atoms. The minimum absolute atomic E-state index is 0.362. The summed E-state index contributed by atoms with van der Waals surface area (Å²) >= 11 is 1.47.